The molecular weight excluding hydrogens is 758 g/mol. The number of fused-ring (bicyclic) bond motifs is 2. The molecule has 0 aliphatic heterocycles. The van der Waals surface area contributed by atoms with Crippen LogP contribution in [0.25, 0.3) is 67.6 Å². The first-order valence-electron chi connectivity index (χ1n) is 17.4. The zero-order valence-electron chi connectivity index (χ0n) is 31.1. The van der Waals surface area contributed by atoms with Gasteiger partial charge in [0.1, 0.15) is 34.3 Å². The Hall–Kier alpha value is -7.90. The Morgan fingerprint density at radius 1 is 0.638 bits per heavy atom. The first-order chi connectivity index (χ1) is 27.8. The second-order valence-corrected chi connectivity index (χ2v) is 13.1. The van der Waals surface area contributed by atoms with Crippen LogP contribution >= 0.6 is 0 Å². The lowest BCUT2D eigenvalue weighted by Gasteiger charge is -2.16. The Balaban J connectivity index is 1.40. The van der Waals surface area contributed by atoms with E-state index in [9.17, 15) is 19.2 Å². The quantitative estimate of drug-likeness (QED) is 0.149. The van der Waals surface area contributed by atoms with Gasteiger partial charge < -0.3 is 30.1 Å². The summed E-state index contributed by atoms with van der Waals surface area (Å²) in [5.74, 6) is -2.73. The SMILES string of the molecule is COc1c(C(N)=O)ccc2c1nc(-c1c(F)cccc1-c1nc(=O)n(C)[nH]1)n2CCn1c(-c2c(F)cccc2-c2nc(=O)n(C)[nH]2)nc2c(OC)c(C(N)=O)ccc21. The molecule has 8 aromatic rings. The number of aromatic amines is 2. The average molecular weight is 791 g/mol. The predicted molar refractivity (Wildman–Crippen MR) is 206 cm³/mol. The zero-order valence-corrected chi connectivity index (χ0v) is 31.1. The van der Waals surface area contributed by atoms with Crippen molar-refractivity contribution in [2.75, 3.05) is 14.2 Å². The number of imidazole rings is 2. The van der Waals surface area contributed by atoms with Gasteiger partial charge in [0.2, 0.25) is 0 Å². The number of amides is 2. The topological polar surface area (TPSA) is 242 Å². The number of hydrogen-bond acceptors (Lipinski definition) is 10. The maximum absolute atomic E-state index is 16.3. The molecule has 58 heavy (non-hydrogen) atoms. The van der Waals surface area contributed by atoms with Crippen LogP contribution in [-0.2, 0) is 27.2 Å². The second-order valence-electron chi connectivity index (χ2n) is 13.1. The molecule has 4 aromatic carbocycles. The van der Waals surface area contributed by atoms with Crippen LogP contribution in [-0.4, -0.2) is 74.7 Å². The summed E-state index contributed by atoms with van der Waals surface area (Å²) >= 11 is 0. The summed E-state index contributed by atoms with van der Waals surface area (Å²) in [5, 5.41) is 5.66. The molecule has 0 saturated carbocycles. The van der Waals surface area contributed by atoms with Crippen molar-refractivity contribution in [1.29, 1.82) is 0 Å². The highest BCUT2D eigenvalue weighted by atomic mass is 19.1. The van der Waals surface area contributed by atoms with Crippen LogP contribution in [0.1, 0.15) is 20.7 Å². The Labute approximate surface area is 324 Å². The molecule has 2 amide bonds. The van der Waals surface area contributed by atoms with Crippen LogP contribution in [0.3, 0.4) is 0 Å². The number of primary amides is 2. The molecule has 0 atom stereocenters. The number of rotatable bonds is 11. The number of hydrogen-bond donors (Lipinski definition) is 4. The summed E-state index contributed by atoms with van der Waals surface area (Å²) in [4.78, 5) is 67.6. The fourth-order valence-corrected chi connectivity index (χ4v) is 7.11. The van der Waals surface area contributed by atoms with Crippen molar-refractivity contribution >= 4 is 33.9 Å². The van der Waals surface area contributed by atoms with Crippen molar-refractivity contribution in [3.63, 3.8) is 0 Å². The third kappa shape index (κ3) is 5.85. The summed E-state index contributed by atoms with van der Waals surface area (Å²) in [6.45, 7) is -0.0556. The number of benzene rings is 4. The summed E-state index contributed by atoms with van der Waals surface area (Å²) in [7, 11) is 5.60. The highest BCUT2D eigenvalue weighted by molar-refractivity contribution is 6.03. The number of carbonyl (C=O) groups excluding carboxylic acids is 2. The lowest BCUT2D eigenvalue weighted by molar-refractivity contribution is 0.0989. The molecule has 0 bridgehead atoms. The number of aromatic nitrogens is 10. The maximum Gasteiger partial charge on any atom is 0.363 e. The van der Waals surface area contributed by atoms with Crippen LogP contribution in [0.2, 0.25) is 0 Å². The average Bonchev–Trinajstić information content (AvgIpc) is 3.94. The number of aryl methyl sites for hydroxylation is 4. The minimum absolute atomic E-state index is 0.0221. The highest BCUT2D eigenvalue weighted by Crippen LogP contribution is 2.40. The lowest BCUT2D eigenvalue weighted by Crippen LogP contribution is -2.13. The van der Waals surface area contributed by atoms with Crippen molar-refractivity contribution in [3.05, 3.63) is 104 Å². The third-order valence-electron chi connectivity index (χ3n) is 9.76. The molecule has 294 valence electrons. The van der Waals surface area contributed by atoms with E-state index in [0.29, 0.717) is 11.0 Å². The largest absolute Gasteiger partial charge is 0.494 e. The molecule has 8 rings (SSSR count). The van der Waals surface area contributed by atoms with Crippen LogP contribution in [0, 0.1) is 11.6 Å². The van der Waals surface area contributed by atoms with Gasteiger partial charge in [-0.25, -0.2) is 37.7 Å². The van der Waals surface area contributed by atoms with E-state index in [1.165, 1.54) is 64.7 Å². The van der Waals surface area contributed by atoms with Crippen LogP contribution in [0.15, 0.2) is 70.3 Å². The Morgan fingerprint density at radius 2 is 1.03 bits per heavy atom. The number of carbonyl (C=O) groups is 2. The van der Waals surface area contributed by atoms with Crippen LogP contribution in [0.4, 0.5) is 8.78 Å². The Bertz CT molecular complexity index is 2910. The van der Waals surface area contributed by atoms with E-state index in [0.717, 1.165) is 9.36 Å². The minimum atomic E-state index is -0.791. The van der Waals surface area contributed by atoms with E-state index >= 15 is 8.78 Å². The van der Waals surface area contributed by atoms with Gasteiger partial charge in [-0.2, -0.15) is 9.97 Å². The molecule has 4 heterocycles. The van der Waals surface area contributed by atoms with E-state index in [-0.39, 0.29) is 92.3 Å². The van der Waals surface area contributed by atoms with Gasteiger partial charge in [-0.15, -0.1) is 0 Å². The number of nitrogens with one attached hydrogen (secondary N) is 2. The van der Waals surface area contributed by atoms with Gasteiger partial charge in [-0.05, 0) is 36.4 Å². The molecule has 0 spiro atoms. The first kappa shape index (κ1) is 37.0. The van der Waals surface area contributed by atoms with Gasteiger partial charge in [0.15, 0.2) is 23.1 Å². The van der Waals surface area contributed by atoms with Crippen molar-refractivity contribution in [1.82, 2.24) is 48.6 Å². The summed E-state index contributed by atoms with van der Waals surface area (Å²) < 4.78 is 49.4. The van der Waals surface area contributed by atoms with Gasteiger partial charge in [0.05, 0.1) is 47.5 Å². The fraction of sp³-hybridized carbons (Fsp3) is 0.158. The molecule has 0 radical (unpaired) electrons. The molecule has 0 aliphatic rings. The molecule has 0 aliphatic carbocycles. The monoisotopic (exact) mass is 790 g/mol. The molecule has 6 N–H and O–H groups in total. The summed E-state index contributed by atoms with van der Waals surface area (Å²) in [5.41, 5.74) is 11.6. The van der Waals surface area contributed by atoms with Crippen LogP contribution < -0.4 is 32.3 Å². The molecule has 0 fully saturated rings. The predicted octanol–water partition coefficient (Wildman–Crippen LogP) is 3.09. The smallest absolute Gasteiger partial charge is 0.363 e. The first-order valence-corrected chi connectivity index (χ1v) is 17.4. The summed E-state index contributed by atoms with van der Waals surface area (Å²) in [6.07, 6.45) is 0. The number of methoxy groups -OCH3 is 2. The standard InChI is InChI=1S/C38H32F2N12O6/c1-49-37(55)45-33(47-49)17-7-5-9-21(39)25(17)35-43-27-23(13-11-19(31(41)53)29(27)57-3)51(35)15-16-52-24-14-12-20(32(42)54)30(58-4)28(24)44-36(52)26-18(8-6-10-22(26)40)34-46-38(56)50(2)48-34/h5-14H,15-16H2,1-4H3,(H2,41,53)(H2,42,54)(H,45,47,55)(H,46,48,56). The normalized spacial score (nSPS) is 11.5. The van der Waals surface area contributed by atoms with Crippen molar-refractivity contribution in [2.45, 2.75) is 13.1 Å². The molecule has 4 aromatic heterocycles. The molecular formula is C38H32F2N12O6. The molecule has 0 saturated heterocycles. The Morgan fingerprint density at radius 3 is 1.36 bits per heavy atom. The number of nitrogens with two attached hydrogens (primary N) is 2. The molecule has 18 nitrogen and oxygen atoms in total. The molecule has 0 unspecified atom stereocenters. The van der Waals surface area contributed by atoms with E-state index in [2.05, 4.69) is 20.2 Å². The van der Waals surface area contributed by atoms with Gasteiger partial charge in [-0.3, -0.25) is 19.8 Å². The summed E-state index contributed by atoms with van der Waals surface area (Å²) in [6, 6.07) is 14.6. The minimum Gasteiger partial charge on any atom is -0.494 e. The Kier molecular flexibility index (Phi) is 8.94. The zero-order chi connectivity index (χ0) is 41.2. The van der Waals surface area contributed by atoms with E-state index in [1.807, 2.05) is 0 Å². The second kappa shape index (κ2) is 14.0. The van der Waals surface area contributed by atoms with Crippen LogP contribution in [0.5, 0.6) is 11.5 Å². The van der Waals surface area contributed by atoms with Crippen molar-refractivity contribution < 1.29 is 27.8 Å². The van der Waals surface area contributed by atoms with Gasteiger partial charge >= 0.3 is 11.4 Å². The van der Waals surface area contributed by atoms with Gasteiger partial charge in [0.25, 0.3) is 11.8 Å². The highest BCUT2D eigenvalue weighted by Gasteiger charge is 2.28. The van der Waals surface area contributed by atoms with E-state index in [1.54, 1.807) is 33.4 Å². The maximum atomic E-state index is 16.3. The number of nitrogens with zero attached hydrogens (tertiary/aromatic N) is 8. The van der Waals surface area contributed by atoms with E-state index in [4.69, 9.17) is 30.9 Å². The van der Waals surface area contributed by atoms with Crippen molar-refractivity contribution in [3.8, 4) is 57.1 Å². The number of halogens is 2. The third-order valence-corrected chi connectivity index (χ3v) is 9.76. The van der Waals surface area contributed by atoms with E-state index < -0.39 is 34.8 Å². The number of H-pyrrole nitrogens is 2. The van der Waals surface area contributed by atoms with Gasteiger partial charge in [-0.1, -0.05) is 24.3 Å². The van der Waals surface area contributed by atoms with Crippen molar-refractivity contribution in [2.24, 2.45) is 25.6 Å². The van der Waals surface area contributed by atoms with Gasteiger partial charge in [0, 0.05) is 38.3 Å². The number of ether oxygens (including phenoxy) is 2. The molecule has 20 heteroatoms. The lowest BCUT2D eigenvalue weighted by atomic mass is 10.1. The fourth-order valence-electron chi connectivity index (χ4n) is 7.11.